The number of benzene rings is 2. The number of phenols is 2. The van der Waals surface area contributed by atoms with Crippen molar-refractivity contribution in [1.82, 2.24) is 0 Å². The Morgan fingerprint density at radius 2 is 1.67 bits per heavy atom. The summed E-state index contributed by atoms with van der Waals surface area (Å²) in [5.74, 6) is -0.190. The molecule has 5 heteroatoms. The zero-order valence-electron chi connectivity index (χ0n) is 9.66. The SMILES string of the molecule is Cc1c(O)cccc1S(=O)(=O)c1cccc(O)c1. The van der Waals surface area contributed by atoms with Crippen LogP contribution in [-0.2, 0) is 9.84 Å². The van der Waals surface area contributed by atoms with Crippen LogP contribution in [0.5, 0.6) is 11.5 Å². The average molecular weight is 264 g/mol. The second kappa shape index (κ2) is 4.34. The maximum absolute atomic E-state index is 12.3. The molecular weight excluding hydrogens is 252 g/mol. The number of hydrogen-bond acceptors (Lipinski definition) is 4. The molecule has 0 saturated heterocycles. The Balaban J connectivity index is 2.66. The van der Waals surface area contributed by atoms with E-state index in [1.165, 1.54) is 49.4 Å². The van der Waals surface area contributed by atoms with Crippen molar-refractivity contribution in [2.45, 2.75) is 16.7 Å². The van der Waals surface area contributed by atoms with Crippen LogP contribution in [-0.4, -0.2) is 18.6 Å². The third-order valence-electron chi connectivity index (χ3n) is 2.67. The lowest BCUT2D eigenvalue weighted by Gasteiger charge is -2.09. The molecule has 94 valence electrons. The highest BCUT2D eigenvalue weighted by Crippen LogP contribution is 2.29. The smallest absolute Gasteiger partial charge is 0.207 e. The van der Waals surface area contributed by atoms with E-state index in [9.17, 15) is 18.6 Å². The fourth-order valence-corrected chi connectivity index (χ4v) is 3.22. The molecule has 0 heterocycles. The molecule has 0 aliphatic carbocycles. The van der Waals surface area contributed by atoms with Gasteiger partial charge in [0.2, 0.25) is 9.84 Å². The van der Waals surface area contributed by atoms with Crippen LogP contribution in [0.4, 0.5) is 0 Å². The van der Waals surface area contributed by atoms with E-state index in [0.717, 1.165) is 0 Å². The Bertz CT molecular complexity index is 690. The van der Waals surface area contributed by atoms with Crippen molar-refractivity contribution in [2.24, 2.45) is 0 Å². The molecule has 0 unspecified atom stereocenters. The van der Waals surface area contributed by atoms with Gasteiger partial charge in [-0.3, -0.25) is 0 Å². The first kappa shape index (κ1) is 12.4. The maximum Gasteiger partial charge on any atom is 0.207 e. The molecule has 2 aromatic carbocycles. The lowest BCUT2D eigenvalue weighted by Crippen LogP contribution is -2.04. The van der Waals surface area contributed by atoms with Crippen LogP contribution in [0.3, 0.4) is 0 Å². The van der Waals surface area contributed by atoms with Gasteiger partial charge in [0.05, 0.1) is 9.79 Å². The van der Waals surface area contributed by atoms with E-state index >= 15 is 0 Å². The van der Waals surface area contributed by atoms with Gasteiger partial charge in [-0.05, 0) is 37.3 Å². The van der Waals surface area contributed by atoms with Crippen molar-refractivity contribution >= 4 is 9.84 Å². The molecule has 18 heavy (non-hydrogen) atoms. The summed E-state index contributed by atoms with van der Waals surface area (Å²) in [5, 5.41) is 18.9. The number of hydrogen-bond donors (Lipinski definition) is 2. The Labute approximate surface area is 105 Å². The van der Waals surface area contributed by atoms with Crippen molar-refractivity contribution in [3.05, 3.63) is 48.0 Å². The Morgan fingerprint density at radius 3 is 2.33 bits per heavy atom. The predicted molar refractivity (Wildman–Crippen MR) is 66.4 cm³/mol. The third kappa shape index (κ3) is 2.04. The third-order valence-corrected chi connectivity index (χ3v) is 4.57. The molecule has 0 bridgehead atoms. The van der Waals surface area contributed by atoms with Crippen molar-refractivity contribution in [2.75, 3.05) is 0 Å². The quantitative estimate of drug-likeness (QED) is 0.872. The zero-order chi connectivity index (χ0) is 13.3. The molecule has 2 N–H and O–H groups in total. The molecule has 0 radical (unpaired) electrons. The van der Waals surface area contributed by atoms with Gasteiger partial charge in [-0.1, -0.05) is 12.1 Å². The van der Waals surface area contributed by atoms with E-state index in [1.54, 1.807) is 0 Å². The van der Waals surface area contributed by atoms with Crippen LogP contribution in [0.25, 0.3) is 0 Å². The van der Waals surface area contributed by atoms with Crippen LogP contribution in [0, 0.1) is 6.92 Å². The van der Waals surface area contributed by atoms with Gasteiger partial charge < -0.3 is 10.2 Å². The van der Waals surface area contributed by atoms with Crippen LogP contribution in [0.15, 0.2) is 52.3 Å². The predicted octanol–water partition coefficient (Wildman–Crippen LogP) is 2.24. The fourth-order valence-electron chi connectivity index (χ4n) is 1.67. The van der Waals surface area contributed by atoms with E-state index in [4.69, 9.17) is 0 Å². The highest BCUT2D eigenvalue weighted by molar-refractivity contribution is 7.91. The maximum atomic E-state index is 12.3. The molecule has 4 nitrogen and oxygen atoms in total. The minimum absolute atomic E-state index is 0.00352. The van der Waals surface area contributed by atoms with E-state index in [0.29, 0.717) is 5.56 Å². The van der Waals surface area contributed by atoms with E-state index < -0.39 is 9.84 Å². The van der Waals surface area contributed by atoms with E-state index in [2.05, 4.69) is 0 Å². The topological polar surface area (TPSA) is 74.6 Å². The van der Waals surface area contributed by atoms with Crippen molar-refractivity contribution in [3.8, 4) is 11.5 Å². The summed E-state index contributed by atoms with van der Waals surface area (Å²) in [4.78, 5) is 0.0318. The Hall–Kier alpha value is -2.01. The fraction of sp³-hybridized carbons (Fsp3) is 0.0769. The lowest BCUT2D eigenvalue weighted by atomic mass is 10.2. The van der Waals surface area contributed by atoms with Gasteiger partial charge in [0.1, 0.15) is 11.5 Å². The van der Waals surface area contributed by atoms with Gasteiger partial charge >= 0.3 is 0 Å². The number of aromatic hydroxyl groups is 2. The summed E-state index contributed by atoms with van der Waals surface area (Å²) in [7, 11) is -3.73. The normalized spacial score (nSPS) is 11.4. The lowest BCUT2D eigenvalue weighted by molar-refractivity contribution is 0.468. The molecule has 0 spiro atoms. The summed E-state index contributed by atoms with van der Waals surface area (Å²) in [6.45, 7) is 1.53. The van der Waals surface area contributed by atoms with Crippen LogP contribution >= 0.6 is 0 Å². The van der Waals surface area contributed by atoms with Gasteiger partial charge in [-0.25, -0.2) is 8.42 Å². The second-order valence-corrected chi connectivity index (χ2v) is 5.82. The summed E-state index contributed by atoms with van der Waals surface area (Å²) in [6.07, 6.45) is 0. The molecular formula is C13H12O4S. The summed E-state index contributed by atoms with van der Waals surface area (Å²) in [5.41, 5.74) is 0.292. The summed E-state index contributed by atoms with van der Waals surface area (Å²) < 4.78 is 24.7. The van der Waals surface area contributed by atoms with E-state index in [-0.39, 0.29) is 21.3 Å². The van der Waals surface area contributed by atoms with Crippen molar-refractivity contribution in [1.29, 1.82) is 0 Å². The monoisotopic (exact) mass is 264 g/mol. The summed E-state index contributed by atoms with van der Waals surface area (Å²) >= 11 is 0. The summed E-state index contributed by atoms with van der Waals surface area (Å²) in [6, 6.07) is 9.76. The van der Waals surface area contributed by atoms with Crippen LogP contribution in [0.1, 0.15) is 5.56 Å². The van der Waals surface area contributed by atoms with Crippen molar-refractivity contribution < 1.29 is 18.6 Å². The highest BCUT2D eigenvalue weighted by Gasteiger charge is 2.21. The van der Waals surface area contributed by atoms with Gasteiger partial charge in [0.25, 0.3) is 0 Å². The molecule has 0 amide bonds. The van der Waals surface area contributed by atoms with Gasteiger partial charge in [-0.2, -0.15) is 0 Å². The van der Waals surface area contributed by atoms with Gasteiger partial charge in [-0.15, -0.1) is 0 Å². The average Bonchev–Trinajstić information content (AvgIpc) is 2.32. The van der Waals surface area contributed by atoms with Crippen molar-refractivity contribution in [3.63, 3.8) is 0 Å². The molecule has 0 aliphatic heterocycles. The van der Waals surface area contributed by atoms with Gasteiger partial charge in [0.15, 0.2) is 0 Å². The first-order valence-corrected chi connectivity index (χ1v) is 6.74. The highest BCUT2D eigenvalue weighted by atomic mass is 32.2. The standard InChI is InChI=1S/C13H12O4S/c1-9-12(15)6-3-7-13(9)18(16,17)11-5-2-4-10(14)8-11/h2-8,14-15H,1H3. The Kier molecular flexibility index (Phi) is 3.00. The Morgan fingerprint density at radius 1 is 1.00 bits per heavy atom. The minimum Gasteiger partial charge on any atom is -0.508 e. The largest absolute Gasteiger partial charge is 0.508 e. The number of rotatable bonds is 2. The first-order chi connectivity index (χ1) is 8.43. The van der Waals surface area contributed by atoms with E-state index in [1.807, 2.05) is 0 Å². The molecule has 2 aromatic rings. The second-order valence-electron chi connectivity index (χ2n) is 3.90. The first-order valence-electron chi connectivity index (χ1n) is 5.25. The molecule has 0 aliphatic rings. The number of phenolic OH excluding ortho intramolecular Hbond substituents is 2. The number of sulfone groups is 1. The van der Waals surface area contributed by atoms with Crippen LogP contribution in [0.2, 0.25) is 0 Å². The molecule has 0 aromatic heterocycles. The van der Waals surface area contributed by atoms with Gasteiger partial charge in [0, 0.05) is 5.56 Å². The molecule has 0 atom stereocenters. The molecule has 0 saturated carbocycles. The van der Waals surface area contributed by atoms with Crippen LogP contribution < -0.4 is 0 Å². The zero-order valence-corrected chi connectivity index (χ0v) is 10.5. The molecule has 0 fully saturated rings. The molecule has 2 rings (SSSR count). The minimum atomic E-state index is -3.73.